The molecule has 13 aromatic carbocycles. The summed E-state index contributed by atoms with van der Waals surface area (Å²) in [6.45, 7) is 0. The van der Waals surface area contributed by atoms with Crippen LogP contribution in [0.3, 0.4) is 0 Å². The van der Waals surface area contributed by atoms with Crippen molar-refractivity contribution in [2.75, 3.05) is 0 Å². The molecule has 0 bridgehead atoms. The lowest BCUT2D eigenvalue weighted by atomic mass is 10.0. The van der Waals surface area contributed by atoms with Crippen molar-refractivity contribution >= 4 is 126 Å². The van der Waals surface area contributed by atoms with Crippen LogP contribution in [0.5, 0.6) is 0 Å². The quantitative estimate of drug-likeness (QED) is 0.144. The first-order valence-electron chi connectivity index (χ1n) is 34.7. The molecule has 0 saturated carbocycles. The van der Waals surface area contributed by atoms with Crippen LogP contribution in [0.4, 0.5) is 0 Å². The standard InChI is InChI=1S/C91H57N11/c1-2-18-62(19-3-1)97-76-27-11-6-22-66(76)71-49-58(37-43-83(71)97)60-39-46-86-74(51-60)69-25-9-14-30-79(69)100(86)89-53-88(92-54-93-89)99-78-29-13-8-24-68(78)73-48-57(36-45-85(73)99)56-34-41-63(42-35-56)98-77-28-12-7-23-67(77)72-50-59(38-44-84(72)98)61-40-47-87-75(52-61)70-26-10-17-33-82(70)102(87)91-95-55-94-90(96-91)101-80-31-15-4-20-64(80)65-21-5-16-32-81(65)101/h1-15,17-31,33-55H,16,32H2. The molecular weight excluding hydrogens is 1250 g/mol. The smallest absolute Gasteiger partial charge is 0.239 e. The van der Waals surface area contributed by atoms with Gasteiger partial charge in [-0.1, -0.05) is 182 Å². The molecule has 0 amide bonds. The Bertz CT molecular complexity index is 7130. The second-order valence-corrected chi connectivity index (χ2v) is 26.8. The van der Waals surface area contributed by atoms with E-state index in [0.717, 1.165) is 146 Å². The van der Waals surface area contributed by atoms with Gasteiger partial charge in [0.05, 0.1) is 60.7 Å². The fourth-order valence-electron chi connectivity index (χ4n) is 16.9. The molecule has 11 heteroatoms. The molecule has 21 aromatic rings. The maximum absolute atomic E-state index is 5.25. The van der Waals surface area contributed by atoms with Crippen LogP contribution in [0.2, 0.25) is 0 Å². The Labute approximate surface area is 583 Å². The topological polar surface area (TPSA) is 94.0 Å². The van der Waals surface area contributed by atoms with E-state index in [4.69, 9.17) is 24.9 Å². The van der Waals surface area contributed by atoms with Crippen LogP contribution in [0.25, 0.3) is 194 Å². The van der Waals surface area contributed by atoms with Crippen LogP contribution < -0.4 is 0 Å². The van der Waals surface area contributed by atoms with E-state index >= 15 is 0 Å². The lowest BCUT2D eigenvalue weighted by Crippen LogP contribution is -2.10. The van der Waals surface area contributed by atoms with Gasteiger partial charge in [0.2, 0.25) is 11.9 Å². The molecule has 0 aliphatic heterocycles. The van der Waals surface area contributed by atoms with Gasteiger partial charge in [0.1, 0.15) is 24.3 Å². The fourth-order valence-corrected chi connectivity index (χ4v) is 16.9. The lowest BCUT2D eigenvalue weighted by Gasteiger charge is -2.13. The number of fused-ring (bicyclic) bond motifs is 18. The zero-order valence-corrected chi connectivity index (χ0v) is 54.9. The molecule has 22 rings (SSSR count). The van der Waals surface area contributed by atoms with E-state index in [-0.39, 0.29) is 0 Å². The molecular formula is C91H57N11. The molecule has 0 saturated heterocycles. The Morgan fingerprint density at radius 3 is 1.02 bits per heavy atom. The minimum absolute atomic E-state index is 0.584. The first-order valence-corrected chi connectivity index (χ1v) is 34.7. The van der Waals surface area contributed by atoms with Gasteiger partial charge in [-0.3, -0.25) is 18.3 Å². The zero-order chi connectivity index (χ0) is 66.7. The van der Waals surface area contributed by atoms with Crippen LogP contribution in [-0.4, -0.2) is 52.3 Å². The van der Waals surface area contributed by atoms with E-state index in [9.17, 15) is 0 Å². The molecule has 8 aromatic heterocycles. The van der Waals surface area contributed by atoms with Crippen LogP contribution in [0.15, 0.2) is 316 Å². The predicted molar refractivity (Wildman–Crippen MR) is 418 cm³/mol. The first-order chi connectivity index (χ1) is 50.6. The summed E-state index contributed by atoms with van der Waals surface area (Å²) in [5, 5.41) is 13.0. The molecule has 476 valence electrons. The Morgan fingerprint density at radius 1 is 0.235 bits per heavy atom. The van der Waals surface area contributed by atoms with Gasteiger partial charge >= 0.3 is 0 Å². The number of nitrogens with zero attached hydrogens (tertiary/aromatic N) is 11. The van der Waals surface area contributed by atoms with E-state index in [1.807, 2.05) is 0 Å². The largest absolute Gasteiger partial charge is 0.309 e. The average Bonchev–Trinajstić information content (AvgIpc) is 1.59. The first kappa shape index (κ1) is 56.3. The third-order valence-corrected chi connectivity index (χ3v) is 21.4. The van der Waals surface area contributed by atoms with Crippen LogP contribution in [0.1, 0.15) is 17.7 Å². The predicted octanol–water partition coefficient (Wildman–Crippen LogP) is 22.1. The molecule has 0 N–H and O–H groups in total. The van der Waals surface area contributed by atoms with Crippen LogP contribution in [-0.2, 0) is 6.42 Å². The van der Waals surface area contributed by atoms with E-state index in [1.54, 1.807) is 12.7 Å². The van der Waals surface area contributed by atoms with E-state index in [0.29, 0.717) is 11.9 Å². The third-order valence-electron chi connectivity index (χ3n) is 21.4. The van der Waals surface area contributed by atoms with Gasteiger partial charge in [-0.2, -0.15) is 4.98 Å². The lowest BCUT2D eigenvalue weighted by molar-refractivity contribution is 0.818. The van der Waals surface area contributed by atoms with Crippen molar-refractivity contribution in [1.82, 2.24) is 52.3 Å². The molecule has 1 aliphatic carbocycles. The summed E-state index contributed by atoms with van der Waals surface area (Å²) in [4.78, 5) is 25.0. The van der Waals surface area contributed by atoms with Gasteiger partial charge in [0, 0.05) is 87.9 Å². The molecule has 102 heavy (non-hydrogen) atoms. The Hall–Kier alpha value is -13.8. The number of hydrogen-bond donors (Lipinski definition) is 0. The average molecular weight is 1300 g/mol. The fraction of sp³-hybridized carbons (Fsp3) is 0.0220. The highest BCUT2D eigenvalue weighted by atomic mass is 15.3. The highest BCUT2D eigenvalue weighted by Crippen LogP contribution is 2.43. The summed E-state index contributed by atoms with van der Waals surface area (Å²) in [5.41, 5.74) is 23.7. The minimum atomic E-state index is 0.584. The monoisotopic (exact) mass is 1300 g/mol. The third kappa shape index (κ3) is 8.33. The van der Waals surface area contributed by atoms with Gasteiger partial charge in [-0.05, 0) is 168 Å². The van der Waals surface area contributed by atoms with Crippen molar-refractivity contribution in [2.24, 2.45) is 0 Å². The second-order valence-electron chi connectivity index (χ2n) is 26.8. The Balaban J connectivity index is 0.586. The zero-order valence-electron chi connectivity index (χ0n) is 54.9. The minimum Gasteiger partial charge on any atom is -0.309 e. The van der Waals surface area contributed by atoms with Crippen molar-refractivity contribution in [3.8, 4) is 68.3 Å². The number of rotatable bonds is 9. The Morgan fingerprint density at radius 2 is 0.559 bits per heavy atom. The number of benzene rings is 13. The molecule has 0 unspecified atom stereocenters. The molecule has 0 radical (unpaired) electrons. The van der Waals surface area contributed by atoms with E-state index in [1.165, 1.54) is 54.8 Å². The van der Waals surface area contributed by atoms with Crippen molar-refractivity contribution in [2.45, 2.75) is 12.8 Å². The van der Waals surface area contributed by atoms with Crippen LogP contribution in [0, 0.1) is 0 Å². The number of allylic oxidation sites excluding steroid dienone is 1. The maximum atomic E-state index is 5.25. The van der Waals surface area contributed by atoms with Gasteiger partial charge < -0.3 is 9.13 Å². The normalized spacial score (nSPS) is 12.6. The van der Waals surface area contributed by atoms with Gasteiger partial charge in [-0.25, -0.2) is 19.9 Å². The summed E-state index contributed by atoms with van der Waals surface area (Å²) in [5.74, 6) is 2.79. The molecule has 8 heterocycles. The van der Waals surface area contributed by atoms with Gasteiger partial charge in [0.25, 0.3) is 0 Å². The molecule has 0 fully saturated rings. The summed E-state index contributed by atoms with van der Waals surface area (Å²) in [6.07, 6.45) is 9.76. The SMILES string of the molecule is C1=Cc2c(n(-c3ncnc(-n4c5ccccc5c5cc(-c6ccc7c(c6)c6ccccc6n7-c6ccc(-c7ccc8c(c7)c7ccccc7n8-c7cc(-n8c9ccccc9c9cc(-c%10ccc%11c(c%10)c%10ccccc%10n%11-c%10ccccc%10)ccc98)ncn7)cc6)ccc54)n3)c3ccccc23)CC1. The Kier molecular flexibility index (Phi) is 12.1. The number of aromatic nitrogens is 11. The molecule has 11 nitrogen and oxygen atoms in total. The van der Waals surface area contributed by atoms with Crippen molar-refractivity contribution in [3.63, 3.8) is 0 Å². The van der Waals surface area contributed by atoms with Gasteiger partial charge in [-0.15, -0.1) is 0 Å². The highest BCUT2D eigenvalue weighted by Gasteiger charge is 2.25. The van der Waals surface area contributed by atoms with Gasteiger partial charge in [0.15, 0.2) is 0 Å². The molecule has 0 atom stereocenters. The summed E-state index contributed by atoms with van der Waals surface area (Å²) < 4.78 is 13.8. The molecule has 0 spiro atoms. The van der Waals surface area contributed by atoms with Crippen molar-refractivity contribution in [1.29, 1.82) is 0 Å². The highest BCUT2D eigenvalue weighted by molar-refractivity contribution is 6.16. The van der Waals surface area contributed by atoms with Crippen molar-refractivity contribution < 1.29 is 0 Å². The maximum Gasteiger partial charge on any atom is 0.239 e. The number of hydrogen-bond acceptors (Lipinski definition) is 5. The van der Waals surface area contributed by atoms with Crippen molar-refractivity contribution in [3.05, 3.63) is 327 Å². The summed E-state index contributed by atoms with van der Waals surface area (Å²) >= 11 is 0. The summed E-state index contributed by atoms with van der Waals surface area (Å²) in [6, 6.07) is 108. The van der Waals surface area contributed by atoms with E-state index < -0.39 is 0 Å². The summed E-state index contributed by atoms with van der Waals surface area (Å²) in [7, 11) is 0. The molecule has 1 aliphatic rings. The van der Waals surface area contributed by atoms with Crippen LogP contribution >= 0.6 is 0 Å². The van der Waals surface area contributed by atoms with E-state index in [2.05, 4.69) is 337 Å². The second kappa shape index (κ2) is 21.9. The number of para-hydroxylation sites is 7.